The van der Waals surface area contributed by atoms with Crippen molar-refractivity contribution in [2.24, 2.45) is 5.73 Å². The Kier molecular flexibility index (Phi) is 3.29. The van der Waals surface area contributed by atoms with Crippen LogP contribution in [0.25, 0.3) is 0 Å². The highest BCUT2D eigenvalue weighted by Crippen LogP contribution is 2.32. The summed E-state index contributed by atoms with van der Waals surface area (Å²) >= 11 is 3.26. The first-order chi connectivity index (χ1) is 9.16. The zero-order valence-corrected chi connectivity index (χ0v) is 11.8. The Balaban J connectivity index is 2.00. The lowest BCUT2D eigenvalue weighted by Gasteiger charge is -2.15. The van der Waals surface area contributed by atoms with E-state index < -0.39 is 0 Å². The molecule has 0 saturated carbocycles. The molecule has 0 radical (unpaired) electrons. The van der Waals surface area contributed by atoms with E-state index in [0.29, 0.717) is 4.47 Å². The van der Waals surface area contributed by atoms with E-state index in [1.165, 1.54) is 11.6 Å². The lowest BCUT2D eigenvalue weighted by Crippen LogP contribution is -2.13. The topological polar surface area (TPSA) is 35.2 Å². The first kappa shape index (κ1) is 12.6. The van der Waals surface area contributed by atoms with Crippen LogP contribution in [0, 0.1) is 5.82 Å². The molecule has 0 saturated heterocycles. The van der Waals surface area contributed by atoms with Crippen LogP contribution in [-0.2, 0) is 6.42 Å². The fourth-order valence-electron chi connectivity index (χ4n) is 2.34. The summed E-state index contributed by atoms with van der Waals surface area (Å²) in [5.74, 6) is 0.631. The number of hydrogen-bond donors (Lipinski definition) is 1. The van der Waals surface area contributed by atoms with Gasteiger partial charge in [-0.2, -0.15) is 0 Å². The highest BCUT2D eigenvalue weighted by atomic mass is 79.9. The Morgan fingerprint density at radius 2 is 2.11 bits per heavy atom. The van der Waals surface area contributed by atoms with Gasteiger partial charge in [0.1, 0.15) is 11.6 Å². The molecule has 2 nitrogen and oxygen atoms in total. The maximum absolute atomic E-state index is 13.6. The van der Waals surface area contributed by atoms with Gasteiger partial charge in [0.15, 0.2) is 0 Å². The van der Waals surface area contributed by atoms with Gasteiger partial charge in [0.05, 0.1) is 17.1 Å². The molecule has 1 aliphatic rings. The fraction of sp³-hybridized carbons (Fsp3) is 0.200. The molecule has 0 aromatic heterocycles. The second kappa shape index (κ2) is 4.94. The Hall–Kier alpha value is -1.39. The third kappa shape index (κ3) is 2.26. The van der Waals surface area contributed by atoms with Crippen LogP contribution in [0.15, 0.2) is 40.9 Å². The minimum absolute atomic E-state index is 0.294. The van der Waals surface area contributed by atoms with Gasteiger partial charge in [-0.15, -0.1) is 0 Å². The first-order valence-corrected chi connectivity index (χ1v) is 6.91. The number of hydrogen-bond acceptors (Lipinski definition) is 2. The summed E-state index contributed by atoms with van der Waals surface area (Å²) in [6.07, 6.45) is 0.903. The second-order valence-corrected chi connectivity index (χ2v) is 5.38. The average Bonchev–Trinajstić information content (AvgIpc) is 2.88. The fourth-order valence-corrected chi connectivity index (χ4v) is 2.85. The zero-order chi connectivity index (χ0) is 13.4. The van der Waals surface area contributed by atoms with E-state index in [4.69, 9.17) is 10.5 Å². The number of nitrogens with two attached hydrogens (primary N) is 1. The van der Waals surface area contributed by atoms with Crippen LogP contribution in [-0.4, -0.2) is 6.61 Å². The minimum Gasteiger partial charge on any atom is -0.493 e. The summed E-state index contributed by atoms with van der Waals surface area (Å²) < 4.78 is 19.5. The van der Waals surface area contributed by atoms with Gasteiger partial charge in [0, 0.05) is 6.42 Å². The van der Waals surface area contributed by atoms with E-state index in [1.54, 1.807) is 6.07 Å². The number of fused-ring (bicyclic) bond motifs is 1. The third-order valence-corrected chi connectivity index (χ3v) is 4.23. The molecule has 0 bridgehead atoms. The van der Waals surface area contributed by atoms with Crippen molar-refractivity contribution in [1.82, 2.24) is 0 Å². The molecule has 3 rings (SSSR count). The summed E-state index contributed by atoms with van der Waals surface area (Å²) in [5.41, 5.74) is 9.13. The van der Waals surface area contributed by atoms with Crippen molar-refractivity contribution in [2.75, 3.05) is 6.61 Å². The van der Waals surface area contributed by atoms with Crippen molar-refractivity contribution in [2.45, 2.75) is 12.5 Å². The summed E-state index contributed by atoms with van der Waals surface area (Å²) in [5, 5.41) is 0. The molecule has 0 spiro atoms. The molecule has 1 aliphatic heterocycles. The molecule has 0 aliphatic carbocycles. The molecule has 1 heterocycles. The highest BCUT2D eigenvalue weighted by Gasteiger charge is 2.18. The molecule has 2 aromatic rings. The van der Waals surface area contributed by atoms with Crippen LogP contribution in [0.3, 0.4) is 0 Å². The lowest BCUT2D eigenvalue weighted by molar-refractivity contribution is 0.357. The van der Waals surface area contributed by atoms with Crippen molar-refractivity contribution in [1.29, 1.82) is 0 Å². The van der Waals surface area contributed by atoms with E-state index in [-0.39, 0.29) is 11.9 Å². The van der Waals surface area contributed by atoms with Gasteiger partial charge in [-0.05, 0) is 44.8 Å². The molecule has 98 valence electrons. The van der Waals surface area contributed by atoms with Crippen LogP contribution < -0.4 is 10.5 Å². The molecular weight excluding hydrogens is 309 g/mol. The summed E-state index contributed by atoms with van der Waals surface area (Å²) in [6, 6.07) is 10.5. The Morgan fingerprint density at radius 3 is 2.95 bits per heavy atom. The van der Waals surface area contributed by atoms with Gasteiger partial charge in [-0.3, -0.25) is 0 Å². The standard InChI is InChI=1S/C15H13BrFNO/c16-14-11(2-1-3-12(14)17)15(18)10-4-5-13-9(8-10)6-7-19-13/h1-5,8,15H,6-7,18H2. The van der Waals surface area contributed by atoms with Gasteiger partial charge in [0.2, 0.25) is 0 Å². The van der Waals surface area contributed by atoms with Crippen molar-refractivity contribution >= 4 is 15.9 Å². The number of benzene rings is 2. The minimum atomic E-state index is -0.351. The number of rotatable bonds is 2. The molecule has 19 heavy (non-hydrogen) atoms. The Bertz CT molecular complexity index is 630. The van der Waals surface area contributed by atoms with E-state index >= 15 is 0 Å². The maximum atomic E-state index is 13.6. The van der Waals surface area contributed by atoms with E-state index in [0.717, 1.165) is 29.9 Å². The second-order valence-electron chi connectivity index (χ2n) is 4.59. The molecule has 4 heteroatoms. The molecule has 1 atom stereocenters. The molecular formula is C15H13BrFNO. The zero-order valence-electron chi connectivity index (χ0n) is 10.2. The van der Waals surface area contributed by atoms with Gasteiger partial charge in [-0.1, -0.05) is 24.3 Å². The van der Waals surface area contributed by atoms with Crippen molar-refractivity contribution in [3.8, 4) is 5.75 Å². The van der Waals surface area contributed by atoms with E-state index in [2.05, 4.69) is 15.9 Å². The Morgan fingerprint density at radius 1 is 1.26 bits per heavy atom. The normalized spacial score (nSPS) is 14.9. The van der Waals surface area contributed by atoms with Gasteiger partial charge >= 0.3 is 0 Å². The molecule has 1 unspecified atom stereocenters. The van der Waals surface area contributed by atoms with Crippen LogP contribution in [0.5, 0.6) is 5.75 Å². The average molecular weight is 322 g/mol. The molecule has 2 aromatic carbocycles. The molecule has 2 N–H and O–H groups in total. The van der Waals surface area contributed by atoms with E-state index in [9.17, 15) is 4.39 Å². The predicted octanol–water partition coefficient (Wildman–Crippen LogP) is 3.57. The monoisotopic (exact) mass is 321 g/mol. The molecule has 0 fully saturated rings. The summed E-state index contributed by atoms with van der Waals surface area (Å²) in [6.45, 7) is 0.720. The lowest BCUT2D eigenvalue weighted by atomic mass is 9.97. The van der Waals surface area contributed by atoms with Gasteiger partial charge in [-0.25, -0.2) is 4.39 Å². The van der Waals surface area contributed by atoms with Crippen LogP contribution in [0.1, 0.15) is 22.7 Å². The summed E-state index contributed by atoms with van der Waals surface area (Å²) in [7, 11) is 0. The largest absolute Gasteiger partial charge is 0.493 e. The van der Waals surface area contributed by atoms with Gasteiger partial charge in [0.25, 0.3) is 0 Å². The van der Waals surface area contributed by atoms with Crippen molar-refractivity contribution in [3.05, 3.63) is 63.4 Å². The highest BCUT2D eigenvalue weighted by molar-refractivity contribution is 9.10. The SMILES string of the molecule is NC(c1ccc2c(c1)CCO2)c1cccc(F)c1Br. The van der Waals surface area contributed by atoms with E-state index in [1.807, 2.05) is 24.3 Å². The third-order valence-electron chi connectivity index (χ3n) is 3.39. The van der Waals surface area contributed by atoms with Crippen LogP contribution in [0.4, 0.5) is 4.39 Å². The number of halogens is 2. The maximum Gasteiger partial charge on any atom is 0.137 e. The smallest absolute Gasteiger partial charge is 0.137 e. The Labute approximate surface area is 119 Å². The van der Waals surface area contributed by atoms with Crippen molar-refractivity contribution < 1.29 is 9.13 Å². The van der Waals surface area contributed by atoms with Crippen molar-refractivity contribution in [3.63, 3.8) is 0 Å². The van der Waals surface area contributed by atoms with Crippen LogP contribution in [0.2, 0.25) is 0 Å². The quantitative estimate of drug-likeness (QED) is 0.917. The van der Waals surface area contributed by atoms with Crippen LogP contribution >= 0.6 is 15.9 Å². The molecule has 0 amide bonds. The predicted molar refractivity (Wildman–Crippen MR) is 75.8 cm³/mol. The first-order valence-electron chi connectivity index (χ1n) is 6.12. The number of ether oxygens (including phenoxy) is 1. The summed E-state index contributed by atoms with van der Waals surface area (Å²) in [4.78, 5) is 0. The van der Waals surface area contributed by atoms with Gasteiger partial charge < -0.3 is 10.5 Å².